The second kappa shape index (κ2) is 7.52. The Balaban J connectivity index is 2.19. The molecule has 0 saturated heterocycles. The summed E-state index contributed by atoms with van der Waals surface area (Å²) in [4.78, 5) is 0. The summed E-state index contributed by atoms with van der Waals surface area (Å²) >= 11 is 5.92. The Morgan fingerprint density at radius 2 is 2.19 bits per heavy atom. The maximum atomic E-state index is 13.3. The van der Waals surface area contributed by atoms with E-state index in [-0.39, 0.29) is 12.2 Å². The van der Waals surface area contributed by atoms with Gasteiger partial charge in [0.25, 0.3) is 6.43 Å². The summed E-state index contributed by atoms with van der Waals surface area (Å²) in [5.41, 5.74) is 1.36. The van der Waals surface area contributed by atoms with E-state index in [2.05, 4.69) is 10.4 Å². The van der Waals surface area contributed by atoms with Gasteiger partial charge in [-0.15, -0.1) is 0 Å². The highest BCUT2D eigenvalue weighted by atomic mass is 35.5. The van der Waals surface area contributed by atoms with Crippen LogP contribution in [0.2, 0.25) is 5.02 Å². The lowest BCUT2D eigenvalue weighted by Crippen LogP contribution is -2.15. The van der Waals surface area contributed by atoms with Crippen LogP contribution in [0.5, 0.6) is 0 Å². The van der Waals surface area contributed by atoms with Gasteiger partial charge in [0.15, 0.2) is 0 Å². The molecular weight excluding hydrogens is 296 g/mol. The van der Waals surface area contributed by atoms with Gasteiger partial charge in [-0.25, -0.2) is 8.78 Å². The molecule has 0 bridgehead atoms. The summed E-state index contributed by atoms with van der Waals surface area (Å²) in [6, 6.07) is 7.15. The molecule has 0 atom stereocenters. The Bertz CT molecular complexity index is 584. The molecule has 0 aliphatic carbocycles. The maximum absolute atomic E-state index is 13.3. The van der Waals surface area contributed by atoms with E-state index in [1.807, 2.05) is 13.0 Å². The molecule has 2 rings (SSSR count). The first-order chi connectivity index (χ1) is 10.1. The molecule has 1 heterocycles. The summed E-state index contributed by atoms with van der Waals surface area (Å²) in [6.45, 7) is 3.52. The van der Waals surface area contributed by atoms with Crippen LogP contribution in [-0.2, 0) is 13.1 Å². The molecule has 1 N–H and O–H groups in total. The highest BCUT2D eigenvalue weighted by molar-refractivity contribution is 6.30. The van der Waals surface area contributed by atoms with Gasteiger partial charge >= 0.3 is 0 Å². The fourth-order valence-electron chi connectivity index (χ4n) is 2.16. The molecule has 21 heavy (non-hydrogen) atoms. The van der Waals surface area contributed by atoms with E-state index in [0.29, 0.717) is 17.1 Å². The van der Waals surface area contributed by atoms with Crippen LogP contribution in [0.3, 0.4) is 0 Å². The van der Waals surface area contributed by atoms with Crippen molar-refractivity contribution in [3.63, 3.8) is 0 Å². The van der Waals surface area contributed by atoms with Crippen molar-refractivity contribution in [3.8, 4) is 0 Å². The van der Waals surface area contributed by atoms with Crippen LogP contribution >= 0.6 is 11.6 Å². The molecule has 114 valence electrons. The van der Waals surface area contributed by atoms with Gasteiger partial charge in [-0.2, -0.15) is 5.10 Å². The molecule has 0 fully saturated rings. The minimum Gasteiger partial charge on any atom is -0.313 e. The van der Waals surface area contributed by atoms with Gasteiger partial charge in [0.1, 0.15) is 5.69 Å². The number of nitrogens with zero attached hydrogens (tertiary/aromatic N) is 2. The van der Waals surface area contributed by atoms with Crippen molar-refractivity contribution < 1.29 is 8.78 Å². The number of halogens is 3. The zero-order valence-corrected chi connectivity index (χ0v) is 12.6. The fourth-order valence-corrected chi connectivity index (χ4v) is 2.37. The number of rotatable bonds is 7. The normalized spacial score (nSPS) is 11.3. The van der Waals surface area contributed by atoms with E-state index in [1.54, 1.807) is 18.2 Å². The molecular formula is C15H18ClF2N3. The first-order valence-corrected chi connectivity index (χ1v) is 7.27. The molecule has 0 radical (unpaired) electrons. The third-order valence-electron chi connectivity index (χ3n) is 3.13. The minimum absolute atomic E-state index is 0.0291. The van der Waals surface area contributed by atoms with Crippen molar-refractivity contribution in [2.75, 3.05) is 6.54 Å². The van der Waals surface area contributed by atoms with Gasteiger partial charge in [0, 0.05) is 17.1 Å². The van der Waals surface area contributed by atoms with Gasteiger partial charge in [-0.05, 0) is 30.7 Å². The average Bonchev–Trinajstić information content (AvgIpc) is 2.82. The molecule has 0 spiro atoms. The molecule has 6 heteroatoms. The third-order valence-corrected chi connectivity index (χ3v) is 3.37. The van der Waals surface area contributed by atoms with E-state index in [1.165, 1.54) is 10.9 Å². The van der Waals surface area contributed by atoms with Crippen LogP contribution < -0.4 is 5.32 Å². The number of benzene rings is 1. The quantitative estimate of drug-likeness (QED) is 0.782. The molecule has 0 aliphatic rings. The zero-order chi connectivity index (χ0) is 15.2. The highest BCUT2D eigenvalue weighted by Gasteiger charge is 2.19. The topological polar surface area (TPSA) is 29.9 Å². The number of aromatic nitrogens is 2. The molecule has 0 unspecified atom stereocenters. The summed E-state index contributed by atoms with van der Waals surface area (Å²) in [5, 5.41) is 7.81. The zero-order valence-electron chi connectivity index (χ0n) is 11.8. The average molecular weight is 314 g/mol. The molecule has 0 aliphatic heterocycles. The standard InChI is InChI=1S/C15H18ClF2N3/c1-2-6-19-8-12-9-20-21(14(12)15(17)18)10-11-4-3-5-13(16)7-11/h3-5,7,9,15,19H,2,6,8,10H2,1H3. The Labute approximate surface area is 127 Å². The lowest BCUT2D eigenvalue weighted by atomic mass is 10.2. The predicted molar refractivity (Wildman–Crippen MR) is 79.7 cm³/mol. The Morgan fingerprint density at radius 3 is 2.86 bits per heavy atom. The van der Waals surface area contributed by atoms with E-state index in [9.17, 15) is 8.78 Å². The second-order valence-corrected chi connectivity index (χ2v) is 5.26. The Hall–Kier alpha value is -1.46. The summed E-state index contributed by atoms with van der Waals surface area (Å²) in [6.07, 6.45) is -0.0832. The lowest BCUT2D eigenvalue weighted by molar-refractivity contribution is 0.138. The van der Waals surface area contributed by atoms with Crippen molar-refractivity contribution in [1.29, 1.82) is 0 Å². The summed E-state index contributed by atoms with van der Waals surface area (Å²) in [7, 11) is 0. The van der Waals surface area contributed by atoms with E-state index in [4.69, 9.17) is 11.6 Å². The summed E-state index contributed by atoms with van der Waals surface area (Å²) < 4.78 is 27.9. The van der Waals surface area contributed by atoms with Gasteiger partial charge in [-0.1, -0.05) is 30.7 Å². The fraction of sp³-hybridized carbons (Fsp3) is 0.400. The van der Waals surface area contributed by atoms with Gasteiger partial charge in [0.05, 0.1) is 12.7 Å². The predicted octanol–water partition coefficient (Wildman–Crippen LogP) is 4.02. The highest BCUT2D eigenvalue weighted by Crippen LogP contribution is 2.24. The van der Waals surface area contributed by atoms with E-state index < -0.39 is 6.43 Å². The number of alkyl halides is 2. The maximum Gasteiger partial charge on any atom is 0.280 e. The number of hydrogen-bond donors (Lipinski definition) is 1. The third kappa shape index (κ3) is 4.25. The smallest absolute Gasteiger partial charge is 0.280 e. The van der Waals surface area contributed by atoms with Crippen LogP contribution in [0.4, 0.5) is 8.78 Å². The first kappa shape index (κ1) is 15.9. The van der Waals surface area contributed by atoms with Gasteiger partial charge in [-0.3, -0.25) is 4.68 Å². The van der Waals surface area contributed by atoms with Crippen LogP contribution in [0.1, 0.15) is 36.6 Å². The molecule has 0 saturated carbocycles. The van der Waals surface area contributed by atoms with Crippen molar-refractivity contribution in [3.05, 3.63) is 52.3 Å². The second-order valence-electron chi connectivity index (χ2n) is 4.82. The molecule has 2 aromatic rings. The first-order valence-electron chi connectivity index (χ1n) is 6.89. The summed E-state index contributed by atoms with van der Waals surface area (Å²) in [5.74, 6) is 0. The molecule has 0 amide bonds. The van der Waals surface area contributed by atoms with E-state index in [0.717, 1.165) is 18.5 Å². The lowest BCUT2D eigenvalue weighted by Gasteiger charge is -2.10. The minimum atomic E-state index is -2.55. The Morgan fingerprint density at radius 1 is 1.38 bits per heavy atom. The van der Waals surface area contributed by atoms with Crippen LogP contribution in [0, 0.1) is 0 Å². The molecule has 3 nitrogen and oxygen atoms in total. The number of nitrogens with one attached hydrogen (secondary N) is 1. The van der Waals surface area contributed by atoms with Crippen molar-refractivity contribution in [2.24, 2.45) is 0 Å². The van der Waals surface area contributed by atoms with E-state index >= 15 is 0 Å². The molecule has 1 aromatic heterocycles. The number of hydrogen-bond acceptors (Lipinski definition) is 2. The Kier molecular flexibility index (Phi) is 5.70. The largest absolute Gasteiger partial charge is 0.313 e. The van der Waals surface area contributed by atoms with Crippen LogP contribution in [0.15, 0.2) is 30.5 Å². The SMILES string of the molecule is CCCNCc1cnn(Cc2cccc(Cl)c2)c1C(F)F. The van der Waals surface area contributed by atoms with Crippen molar-refractivity contribution in [2.45, 2.75) is 32.9 Å². The van der Waals surface area contributed by atoms with Crippen molar-refractivity contribution in [1.82, 2.24) is 15.1 Å². The van der Waals surface area contributed by atoms with Gasteiger partial charge < -0.3 is 5.32 Å². The van der Waals surface area contributed by atoms with Gasteiger partial charge in [0.2, 0.25) is 0 Å². The van der Waals surface area contributed by atoms with Crippen LogP contribution in [-0.4, -0.2) is 16.3 Å². The molecule has 1 aromatic carbocycles. The van der Waals surface area contributed by atoms with Crippen molar-refractivity contribution >= 4 is 11.6 Å². The monoisotopic (exact) mass is 313 g/mol. The van der Waals surface area contributed by atoms with Crippen LogP contribution in [0.25, 0.3) is 0 Å².